The minimum atomic E-state index is -0.389. The number of nitrogens with one attached hydrogen (secondary N) is 1. The Labute approximate surface area is 96.9 Å². The Morgan fingerprint density at radius 2 is 2.06 bits per heavy atom. The van der Waals surface area contributed by atoms with Gasteiger partial charge in [-0.15, -0.1) is 0 Å². The molecule has 0 aliphatic heterocycles. The molecule has 1 aromatic carbocycles. The van der Waals surface area contributed by atoms with Crippen LogP contribution in [0.3, 0.4) is 0 Å². The van der Waals surface area contributed by atoms with Crippen molar-refractivity contribution >= 4 is 11.6 Å². The number of pyridine rings is 1. The Balaban J connectivity index is 2.55. The molecule has 2 rings (SSSR count). The summed E-state index contributed by atoms with van der Waals surface area (Å²) in [7, 11) is 0. The van der Waals surface area contributed by atoms with E-state index in [-0.39, 0.29) is 11.1 Å². The number of rotatable bonds is 1. The maximum Gasteiger partial charge on any atom is 0.266 e. The summed E-state index contributed by atoms with van der Waals surface area (Å²) in [5, 5.41) is 9.23. The van der Waals surface area contributed by atoms with Crippen molar-refractivity contribution in [3.05, 3.63) is 57.3 Å². The smallest absolute Gasteiger partial charge is 0.266 e. The number of aromatic nitrogens is 1. The lowest BCUT2D eigenvalue weighted by atomic mass is 10.1. The molecule has 1 aromatic heterocycles. The molecule has 1 heterocycles. The topological polar surface area (TPSA) is 56.6 Å². The van der Waals surface area contributed by atoms with Crippen molar-refractivity contribution in [1.82, 2.24) is 4.98 Å². The molecule has 0 fully saturated rings. The van der Waals surface area contributed by atoms with Crippen molar-refractivity contribution in [2.45, 2.75) is 0 Å². The molecule has 0 saturated carbocycles. The van der Waals surface area contributed by atoms with Crippen LogP contribution >= 0.6 is 11.6 Å². The van der Waals surface area contributed by atoms with Crippen molar-refractivity contribution in [1.29, 1.82) is 5.26 Å². The fourth-order valence-electron chi connectivity index (χ4n) is 1.39. The zero-order valence-corrected chi connectivity index (χ0v) is 8.95. The van der Waals surface area contributed by atoms with Gasteiger partial charge in [0.25, 0.3) is 5.56 Å². The summed E-state index contributed by atoms with van der Waals surface area (Å²) in [6.07, 6.45) is 0. The Hall–Kier alpha value is -2.05. The van der Waals surface area contributed by atoms with Crippen LogP contribution < -0.4 is 5.56 Å². The van der Waals surface area contributed by atoms with Crippen LogP contribution in [0, 0.1) is 11.3 Å². The molecule has 78 valence electrons. The van der Waals surface area contributed by atoms with Crippen LogP contribution in [0.5, 0.6) is 0 Å². The highest BCUT2D eigenvalue weighted by Crippen LogP contribution is 2.19. The lowest BCUT2D eigenvalue weighted by Gasteiger charge is -2.01. The molecule has 0 unspecified atom stereocenters. The van der Waals surface area contributed by atoms with Crippen molar-refractivity contribution in [3.63, 3.8) is 0 Å². The zero-order valence-electron chi connectivity index (χ0n) is 8.20. The minimum Gasteiger partial charge on any atom is -0.321 e. The van der Waals surface area contributed by atoms with Crippen molar-refractivity contribution in [3.8, 4) is 17.3 Å². The number of halogens is 1. The van der Waals surface area contributed by atoms with E-state index in [1.165, 1.54) is 6.07 Å². The number of hydrogen-bond acceptors (Lipinski definition) is 2. The van der Waals surface area contributed by atoms with Crippen LogP contribution in [0.1, 0.15) is 5.56 Å². The number of hydrogen-bond donors (Lipinski definition) is 1. The first kappa shape index (κ1) is 10.5. The van der Waals surface area contributed by atoms with Gasteiger partial charge >= 0.3 is 0 Å². The minimum absolute atomic E-state index is 0.103. The van der Waals surface area contributed by atoms with Gasteiger partial charge in [0, 0.05) is 10.7 Å². The fourth-order valence-corrected chi connectivity index (χ4v) is 1.58. The number of nitrogens with zero attached hydrogens (tertiary/aromatic N) is 1. The Bertz CT molecular complexity index is 625. The average molecular weight is 231 g/mol. The zero-order chi connectivity index (χ0) is 11.5. The summed E-state index contributed by atoms with van der Waals surface area (Å²) in [6.45, 7) is 0. The Morgan fingerprint density at radius 1 is 1.25 bits per heavy atom. The predicted molar refractivity (Wildman–Crippen MR) is 62.2 cm³/mol. The third-order valence-corrected chi connectivity index (χ3v) is 2.40. The van der Waals surface area contributed by atoms with Gasteiger partial charge in [-0.3, -0.25) is 4.79 Å². The molecule has 0 amide bonds. The largest absolute Gasteiger partial charge is 0.321 e. The molecule has 4 heteroatoms. The van der Waals surface area contributed by atoms with Gasteiger partial charge in [-0.2, -0.15) is 5.26 Å². The molecule has 0 bridgehead atoms. The first-order valence-corrected chi connectivity index (χ1v) is 4.98. The van der Waals surface area contributed by atoms with E-state index in [9.17, 15) is 4.79 Å². The average Bonchev–Trinajstić information content (AvgIpc) is 2.29. The molecule has 0 atom stereocenters. The predicted octanol–water partition coefficient (Wildman–Crippen LogP) is 2.57. The fraction of sp³-hybridized carbons (Fsp3) is 0. The quantitative estimate of drug-likeness (QED) is 0.819. The SMILES string of the molecule is N#Cc1ccc(-c2cccc(Cl)c2)[nH]c1=O. The second kappa shape index (κ2) is 4.21. The lowest BCUT2D eigenvalue weighted by Crippen LogP contribution is -2.09. The van der Waals surface area contributed by atoms with Gasteiger partial charge in [0.2, 0.25) is 0 Å². The van der Waals surface area contributed by atoms with Gasteiger partial charge in [0.05, 0.1) is 0 Å². The number of aromatic amines is 1. The third-order valence-electron chi connectivity index (χ3n) is 2.17. The van der Waals surface area contributed by atoms with E-state index in [2.05, 4.69) is 4.98 Å². The molecule has 0 saturated heterocycles. The van der Waals surface area contributed by atoms with Gasteiger partial charge in [-0.1, -0.05) is 23.7 Å². The molecule has 1 N–H and O–H groups in total. The van der Waals surface area contributed by atoms with Gasteiger partial charge in [-0.25, -0.2) is 0 Å². The van der Waals surface area contributed by atoms with Crippen molar-refractivity contribution in [2.75, 3.05) is 0 Å². The molecule has 3 nitrogen and oxygen atoms in total. The van der Waals surface area contributed by atoms with Crippen LogP contribution in [0.25, 0.3) is 11.3 Å². The van der Waals surface area contributed by atoms with E-state index < -0.39 is 0 Å². The van der Waals surface area contributed by atoms with Crippen molar-refractivity contribution in [2.24, 2.45) is 0 Å². The molecule has 16 heavy (non-hydrogen) atoms. The second-order valence-corrected chi connectivity index (χ2v) is 3.67. The summed E-state index contributed by atoms with van der Waals surface area (Å²) in [4.78, 5) is 14.1. The van der Waals surface area contributed by atoms with E-state index >= 15 is 0 Å². The summed E-state index contributed by atoms with van der Waals surface area (Å²) >= 11 is 5.85. The van der Waals surface area contributed by atoms with Gasteiger partial charge in [-0.05, 0) is 29.8 Å². The monoisotopic (exact) mass is 230 g/mol. The van der Waals surface area contributed by atoms with Crippen LogP contribution in [-0.4, -0.2) is 4.98 Å². The first-order chi connectivity index (χ1) is 7.70. The van der Waals surface area contributed by atoms with E-state index in [0.717, 1.165) is 5.56 Å². The highest BCUT2D eigenvalue weighted by Gasteiger charge is 2.02. The van der Waals surface area contributed by atoms with Gasteiger partial charge in [0.1, 0.15) is 11.6 Å². The van der Waals surface area contributed by atoms with Crippen LogP contribution in [0.15, 0.2) is 41.2 Å². The molecule has 0 aliphatic carbocycles. The molecule has 0 spiro atoms. The number of H-pyrrole nitrogens is 1. The first-order valence-electron chi connectivity index (χ1n) is 4.60. The van der Waals surface area contributed by atoms with Crippen molar-refractivity contribution < 1.29 is 0 Å². The molecule has 0 radical (unpaired) electrons. The lowest BCUT2D eigenvalue weighted by molar-refractivity contribution is 1.22. The summed E-state index contributed by atoms with van der Waals surface area (Å²) in [5.74, 6) is 0. The highest BCUT2D eigenvalue weighted by atomic mass is 35.5. The van der Waals surface area contributed by atoms with E-state index in [0.29, 0.717) is 10.7 Å². The van der Waals surface area contributed by atoms with E-state index in [4.69, 9.17) is 16.9 Å². The van der Waals surface area contributed by atoms with Crippen LogP contribution in [-0.2, 0) is 0 Å². The Kier molecular flexibility index (Phi) is 2.76. The number of nitriles is 1. The highest BCUT2D eigenvalue weighted by molar-refractivity contribution is 6.30. The molecular weight excluding hydrogens is 224 g/mol. The second-order valence-electron chi connectivity index (χ2n) is 3.24. The molecule has 0 aliphatic rings. The summed E-state index contributed by atoms with van der Waals surface area (Å²) in [6, 6.07) is 12.1. The van der Waals surface area contributed by atoms with Gasteiger partial charge < -0.3 is 4.98 Å². The maximum absolute atomic E-state index is 11.4. The van der Waals surface area contributed by atoms with Crippen LogP contribution in [0.2, 0.25) is 5.02 Å². The number of benzene rings is 1. The van der Waals surface area contributed by atoms with E-state index in [1.807, 2.05) is 12.1 Å². The third kappa shape index (κ3) is 1.97. The van der Waals surface area contributed by atoms with E-state index in [1.54, 1.807) is 24.3 Å². The van der Waals surface area contributed by atoms with Crippen LogP contribution in [0.4, 0.5) is 0 Å². The standard InChI is InChI=1S/C12H7ClN2O/c13-10-3-1-2-8(6-10)11-5-4-9(7-14)12(16)15-11/h1-6H,(H,15,16). The Morgan fingerprint density at radius 3 is 2.69 bits per heavy atom. The molecule has 2 aromatic rings. The maximum atomic E-state index is 11.4. The molecular formula is C12H7ClN2O. The summed E-state index contributed by atoms with van der Waals surface area (Å²) < 4.78 is 0. The normalized spacial score (nSPS) is 9.75. The summed E-state index contributed by atoms with van der Waals surface area (Å²) in [5.41, 5.74) is 1.17. The van der Waals surface area contributed by atoms with Gasteiger partial charge in [0.15, 0.2) is 0 Å².